The molecule has 1 saturated heterocycles. The van der Waals surface area contributed by atoms with Crippen LogP contribution in [0.5, 0.6) is 0 Å². The summed E-state index contributed by atoms with van der Waals surface area (Å²) in [6, 6.07) is -0.189. The third kappa shape index (κ3) is 4.32. The summed E-state index contributed by atoms with van der Waals surface area (Å²) in [5, 5.41) is 3.85. The van der Waals surface area contributed by atoms with Gasteiger partial charge in [0.1, 0.15) is 4.32 Å². The average molecular weight is 362 g/mol. The number of rotatable bonds is 2. The number of halogens is 1. The molecule has 0 aromatic heterocycles. The van der Waals surface area contributed by atoms with Crippen molar-refractivity contribution in [3.8, 4) is 0 Å². The van der Waals surface area contributed by atoms with Gasteiger partial charge >= 0.3 is 0 Å². The van der Waals surface area contributed by atoms with Crippen LogP contribution in [0.15, 0.2) is 10.4 Å². The lowest BCUT2D eigenvalue weighted by molar-refractivity contribution is 0.600. The van der Waals surface area contributed by atoms with Gasteiger partial charge in [0.2, 0.25) is 0 Å². The summed E-state index contributed by atoms with van der Waals surface area (Å²) >= 11 is 12.1. The van der Waals surface area contributed by atoms with Crippen molar-refractivity contribution in [3.63, 3.8) is 0 Å². The molecule has 1 fully saturated rings. The fourth-order valence-corrected chi connectivity index (χ4v) is 7.62. The molecule has 0 aliphatic carbocycles. The molecule has 0 saturated carbocycles. The molecule has 108 valence electrons. The maximum absolute atomic E-state index is 11.3. The molecule has 0 amide bonds. The van der Waals surface area contributed by atoms with Crippen LogP contribution >= 0.6 is 35.6 Å². The van der Waals surface area contributed by atoms with Crippen molar-refractivity contribution in [2.75, 3.05) is 17.3 Å². The largest absolute Gasteiger partial charge is 0.367 e. The van der Waals surface area contributed by atoms with Gasteiger partial charge in [-0.2, -0.15) is 0 Å². The molecule has 2 unspecified atom stereocenters. The smallest absolute Gasteiger partial charge is 0.174 e. The summed E-state index contributed by atoms with van der Waals surface area (Å²) in [7, 11) is -6.20. The van der Waals surface area contributed by atoms with Gasteiger partial charge in [0.15, 0.2) is 19.7 Å². The van der Waals surface area contributed by atoms with Crippen LogP contribution < -0.4 is 5.32 Å². The summed E-state index contributed by atoms with van der Waals surface area (Å²) in [5.74, 6) is 0.165. The number of thioether (sulfide) groups is 1. The fourth-order valence-electron chi connectivity index (χ4n) is 1.92. The Morgan fingerprint density at radius 1 is 1.37 bits per heavy atom. The van der Waals surface area contributed by atoms with Crippen LogP contribution in [0.1, 0.15) is 6.42 Å². The molecule has 2 heterocycles. The normalized spacial score (nSPS) is 31.9. The van der Waals surface area contributed by atoms with E-state index in [0.717, 1.165) is 17.2 Å². The van der Waals surface area contributed by atoms with Crippen molar-refractivity contribution in [3.05, 3.63) is 10.4 Å². The molecule has 10 heteroatoms. The molecule has 1 N–H and O–H groups in total. The highest BCUT2D eigenvalue weighted by Gasteiger charge is 2.32. The Bertz CT molecular complexity index is 625. The lowest BCUT2D eigenvalue weighted by Crippen LogP contribution is -2.34. The van der Waals surface area contributed by atoms with Crippen LogP contribution in [0.3, 0.4) is 0 Å². The third-order valence-electron chi connectivity index (χ3n) is 2.79. The van der Waals surface area contributed by atoms with E-state index >= 15 is 0 Å². The number of hydrogen-bond acceptors (Lipinski definition) is 6. The van der Waals surface area contributed by atoms with E-state index in [1.807, 2.05) is 0 Å². The first-order chi connectivity index (χ1) is 8.67. The van der Waals surface area contributed by atoms with E-state index in [1.165, 1.54) is 0 Å². The average Bonchev–Trinajstić information content (AvgIpc) is 2.66. The van der Waals surface area contributed by atoms with Crippen molar-refractivity contribution in [2.24, 2.45) is 0 Å². The summed E-state index contributed by atoms with van der Waals surface area (Å²) in [5.41, 5.74) is 0. The minimum Gasteiger partial charge on any atom is -0.367 e. The summed E-state index contributed by atoms with van der Waals surface area (Å²) in [6.45, 7) is 0. The first-order valence-corrected chi connectivity index (χ1v) is 10.6. The molecule has 0 aromatic carbocycles. The number of sulfone groups is 2. The van der Waals surface area contributed by atoms with E-state index in [9.17, 15) is 16.8 Å². The van der Waals surface area contributed by atoms with Crippen molar-refractivity contribution in [2.45, 2.75) is 17.7 Å². The predicted molar refractivity (Wildman–Crippen MR) is 81.9 cm³/mol. The molecule has 2 rings (SSSR count). The lowest BCUT2D eigenvalue weighted by Gasteiger charge is -2.15. The van der Waals surface area contributed by atoms with Crippen molar-refractivity contribution >= 4 is 59.6 Å². The Morgan fingerprint density at radius 2 is 2.05 bits per heavy atom. The third-order valence-corrected chi connectivity index (χ3v) is 8.25. The monoisotopic (exact) mass is 361 g/mol. The molecule has 0 bridgehead atoms. The van der Waals surface area contributed by atoms with Crippen LogP contribution in [-0.2, 0) is 19.7 Å². The van der Waals surface area contributed by atoms with Gasteiger partial charge in [-0.3, -0.25) is 0 Å². The molecule has 2 aliphatic rings. The van der Waals surface area contributed by atoms with Crippen LogP contribution in [0.25, 0.3) is 0 Å². The second kappa shape index (κ2) is 5.51. The zero-order chi connectivity index (χ0) is 14.3. The first kappa shape index (κ1) is 15.6. The van der Waals surface area contributed by atoms with Crippen LogP contribution in [0, 0.1) is 0 Å². The van der Waals surface area contributed by atoms with E-state index in [2.05, 4.69) is 5.32 Å². The molecule has 0 radical (unpaired) electrons. The predicted octanol–water partition coefficient (Wildman–Crippen LogP) is 0.658. The number of thiocarbonyl (C=S) groups is 1. The molecule has 5 nitrogen and oxygen atoms in total. The first-order valence-electron chi connectivity index (χ1n) is 5.44. The van der Waals surface area contributed by atoms with E-state index in [0.29, 0.717) is 10.7 Å². The molecular formula is C9H12ClNO4S4. The fraction of sp³-hybridized carbons (Fsp3) is 0.667. The lowest BCUT2D eigenvalue weighted by atomic mass is 10.3. The molecule has 19 heavy (non-hydrogen) atoms. The molecule has 0 aromatic rings. The number of hydrogen-bond donors (Lipinski definition) is 1. The van der Waals surface area contributed by atoms with E-state index in [4.69, 9.17) is 23.8 Å². The summed E-state index contributed by atoms with van der Waals surface area (Å²) in [4.78, 5) is 0. The minimum atomic E-state index is -3.23. The van der Waals surface area contributed by atoms with Gasteiger partial charge in [0.05, 0.1) is 22.5 Å². The molecule has 0 spiro atoms. The van der Waals surface area contributed by atoms with E-state index in [-0.39, 0.29) is 28.3 Å². The molecule has 2 atom stereocenters. The highest BCUT2D eigenvalue weighted by atomic mass is 35.5. The topological polar surface area (TPSA) is 80.3 Å². The second-order valence-electron chi connectivity index (χ2n) is 4.47. The van der Waals surface area contributed by atoms with Gasteiger partial charge in [0.25, 0.3) is 0 Å². The Morgan fingerprint density at radius 3 is 2.53 bits per heavy atom. The Labute approximate surface area is 127 Å². The van der Waals surface area contributed by atoms with Crippen LogP contribution in [-0.4, -0.2) is 49.7 Å². The van der Waals surface area contributed by atoms with Gasteiger partial charge in [-0.1, -0.05) is 35.6 Å². The van der Waals surface area contributed by atoms with Crippen molar-refractivity contribution < 1.29 is 16.8 Å². The van der Waals surface area contributed by atoms with Gasteiger partial charge < -0.3 is 5.32 Å². The van der Waals surface area contributed by atoms with Crippen LogP contribution in [0.4, 0.5) is 0 Å². The van der Waals surface area contributed by atoms with Gasteiger partial charge in [0, 0.05) is 16.5 Å². The number of nitrogens with one attached hydrogen (secondary N) is 1. The Hall–Kier alpha value is 0.170. The van der Waals surface area contributed by atoms with E-state index in [1.54, 1.807) is 0 Å². The quantitative estimate of drug-likeness (QED) is 0.723. The Balaban J connectivity index is 1.88. The standard InChI is InChI=1S/C9H12ClNO4S4/c10-7-4-19(14,15)5-8(7)17-9(16)11-6-1-2-18(12,13)3-6/h4,6,8H,1-3,5H2,(H,11,16). The summed E-state index contributed by atoms with van der Waals surface area (Å²) in [6.07, 6.45) is 0.523. The van der Waals surface area contributed by atoms with Crippen molar-refractivity contribution in [1.29, 1.82) is 0 Å². The highest BCUT2D eigenvalue weighted by Crippen LogP contribution is 2.31. The zero-order valence-electron chi connectivity index (χ0n) is 9.70. The molecular weight excluding hydrogens is 350 g/mol. The molecule has 2 aliphatic heterocycles. The van der Waals surface area contributed by atoms with Gasteiger partial charge in [-0.05, 0) is 6.42 Å². The van der Waals surface area contributed by atoms with Gasteiger partial charge in [-0.25, -0.2) is 16.8 Å². The maximum atomic E-state index is 11.3. The van der Waals surface area contributed by atoms with Crippen molar-refractivity contribution in [1.82, 2.24) is 5.32 Å². The van der Waals surface area contributed by atoms with E-state index < -0.39 is 24.9 Å². The highest BCUT2D eigenvalue weighted by molar-refractivity contribution is 8.24. The second-order valence-corrected chi connectivity index (χ2v) is 10.9. The minimum absolute atomic E-state index is 0.0682. The summed E-state index contributed by atoms with van der Waals surface area (Å²) < 4.78 is 45.7. The SMILES string of the molecule is O=S1(=O)C=C(Cl)C(SC(=S)NC2CCS(=O)(=O)C2)C1. The Kier molecular flexibility index (Phi) is 4.51. The maximum Gasteiger partial charge on any atom is 0.174 e. The zero-order valence-corrected chi connectivity index (χ0v) is 13.7. The van der Waals surface area contributed by atoms with Gasteiger partial charge in [-0.15, -0.1) is 0 Å². The van der Waals surface area contributed by atoms with Crippen LogP contribution in [0.2, 0.25) is 0 Å².